The molecule has 1 aliphatic heterocycles. The topological polar surface area (TPSA) is 101 Å². The van der Waals surface area contributed by atoms with Crippen LogP contribution in [0.1, 0.15) is 42.1 Å². The number of hydrogen-bond donors (Lipinski definition) is 0. The Kier molecular flexibility index (Phi) is 5.97. The third-order valence-electron chi connectivity index (χ3n) is 6.22. The van der Waals surface area contributed by atoms with Gasteiger partial charge in [0.1, 0.15) is 0 Å². The summed E-state index contributed by atoms with van der Waals surface area (Å²) in [7, 11) is 0. The van der Waals surface area contributed by atoms with Crippen LogP contribution in [0.5, 0.6) is 0 Å². The van der Waals surface area contributed by atoms with Gasteiger partial charge in [-0.1, -0.05) is 42.8 Å². The molecule has 2 aromatic carbocycles. The van der Waals surface area contributed by atoms with Crippen molar-refractivity contribution in [1.29, 1.82) is 0 Å². The van der Waals surface area contributed by atoms with Crippen LogP contribution in [0.4, 0.5) is 5.69 Å². The number of carbonyl (C=O) groups is 3. The SMILES string of the molecule is C[C@@H]1CC[C@H]2C(=O)N(N(Cc3ccccc3Cl)C(=O)c3cccc([N+](=O)[O-])c3)C(=O)[C@@H]2C1. The summed E-state index contributed by atoms with van der Waals surface area (Å²) in [6.07, 6.45) is 2.03. The van der Waals surface area contributed by atoms with Crippen molar-refractivity contribution >= 4 is 35.0 Å². The van der Waals surface area contributed by atoms with E-state index in [0.29, 0.717) is 29.3 Å². The molecule has 3 atom stereocenters. The lowest BCUT2D eigenvalue weighted by Crippen LogP contribution is -2.49. The van der Waals surface area contributed by atoms with Crippen molar-refractivity contribution in [3.8, 4) is 0 Å². The maximum absolute atomic E-state index is 13.5. The molecule has 0 radical (unpaired) electrons. The van der Waals surface area contributed by atoms with Crippen molar-refractivity contribution in [3.05, 3.63) is 74.8 Å². The number of nitro groups is 1. The normalized spacial score (nSPS) is 22.6. The second-order valence-corrected chi connectivity index (χ2v) is 8.79. The molecule has 8 nitrogen and oxygen atoms in total. The Labute approximate surface area is 189 Å². The van der Waals surface area contributed by atoms with Crippen LogP contribution in [0.3, 0.4) is 0 Å². The molecule has 2 aliphatic rings. The molecule has 1 heterocycles. The van der Waals surface area contributed by atoms with E-state index in [9.17, 15) is 24.5 Å². The predicted molar refractivity (Wildman–Crippen MR) is 116 cm³/mol. The molecular formula is C23H22ClN3O5. The van der Waals surface area contributed by atoms with Crippen LogP contribution in [0.2, 0.25) is 5.02 Å². The van der Waals surface area contributed by atoms with E-state index in [0.717, 1.165) is 22.5 Å². The molecule has 4 rings (SSSR count). The number of imide groups is 1. The monoisotopic (exact) mass is 455 g/mol. The van der Waals surface area contributed by atoms with Gasteiger partial charge in [0.25, 0.3) is 23.4 Å². The van der Waals surface area contributed by atoms with Gasteiger partial charge in [0.15, 0.2) is 0 Å². The lowest BCUT2D eigenvalue weighted by atomic mass is 9.76. The van der Waals surface area contributed by atoms with Gasteiger partial charge in [-0.3, -0.25) is 24.5 Å². The molecule has 2 aromatic rings. The van der Waals surface area contributed by atoms with Crippen molar-refractivity contribution in [2.45, 2.75) is 32.7 Å². The van der Waals surface area contributed by atoms with Crippen LogP contribution in [0.15, 0.2) is 48.5 Å². The Balaban J connectivity index is 1.74. The molecule has 0 spiro atoms. The number of nitro benzene ring substituents is 1. The van der Waals surface area contributed by atoms with Crippen LogP contribution in [-0.2, 0) is 16.1 Å². The summed E-state index contributed by atoms with van der Waals surface area (Å²) >= 11 is 6.29. The quantitative estimate of drug-likeness (QED) is 0.381. The molecule has 0 N–H and O–H groups in total. The summed E-state index contributed by atoms with van der Waals surface area (Å²) in [6, 6.07) is 12.1. The average molecular weight is 456 g/mol. The number of hydrogen-bond acceptors (Lipinski definition) is 5. The minimum Gasteiger partial charge on any atom is -0.272 e. The number of hydrazine groups is 1. The van der Waals surface area contributed by atoms with Crippen LogP contribution >= 0.6 is 11.6 Å². The van der Waals surface area contributed by atoms with Gasteiger partial charge >= 0.3 is 0 Å². The van der Waals surface area contributed by atoms with Crippen molar-refractivity contribution < 1.29 is 19.3 Å². The highest BCUT2D eigenvalue weighted by molar-refractivity contribution is 6.31. The zero-order chi connectivity index (χ0) is 23.0. The number of halogens is 1. The van der Waals surface area contributed by atoms with Gasteiger partial charge in [0.05, 0.1) is 23.3 Å². The zero-order valence-electron chi connectivity index (χ0n) is 17.4. The van der Waals surface area contributed by atoms with Crippen molar-refractivity contribution in [2.24, 2.45) is 17.8 Å². The van der Waals surface area contributed by atoms with Gasteiger partial charge in [0.2, 0.25) is 0 Å². The van der Waals surface area contributed by atoms with Crippen molar-refractivity contribution in [3.63, 3.8) is 0 Å². The van der Waals surface area contributed by atoms with Gasteiger partial charge < -0.3 is 0 Å². The zero-order valence-corrected chi connectivity index (χ0v) is 18.2. The van der Waals surface area contributed by atoms with E-state index in [1.54, 1.807) is 24.3 Å². The molecule has 166 valence electrons. The molecule has 32 heavy (non-hydrogen) atoms. The highest BCUT2D eigenvalue weighted by atomic mass is 35.5. The Morgan fingerprint density at radius 3 is 2.56 bits per heavy atom. The fourth-order valence-electron chi connectivity index (χ4n) is 4.53. The average Bonchev–Trinajstić information content (AvgIpc) is 3.02. The molecule has 2 fully saturated rings. The van der Waals surface area contributed by atoms with E-state index in [-0.39, 0.29) is 17.8 Å². The summed E-state index contributed by atoms with van der Waals surface area (Å²) in [5, 5.41) is 13.6. The maximum atomic E-state index is 13.5. The number of non-ortho nitro benzene ring substituents is 1. The third-order valence-corrected chi connectivity index (χ3v) is 6.59. The molecule has 1 aliphatic carbocycles. The minimum absolute atomic E-state index is 0.00935. The van der Waals surface area contributed by atoms with Crippen molar-refractivity contribution in [2.75, 3.05) is 0 Å². The summed E-state index contributed by atoms with van der Waals surface area (Å²) < 4.78 is 0. The summed E-state index contributed by atoms with van der Waals surface area (Å²) in [6.45, 7) is 1.93. The molecule has 0 unspecified atom stereocenters. The standard InChI is InChI=1S/C23H22ClN3O5/c1-14-9-10-18-19(11-14)23(30)26(22(18)29)25(13-16-5-2-3-8-20(16)24)21(28)15-6-4-7-17(12-15)27(31)32/h2-8,12,14,18-19H,9-11,13H2,1H3/t14-,18-,19-/m1/s1. The van der Waals surface area contributed by atoms with Gasteiger partial charge in [-0.05, 0) is 42.9 Å². The van der Waals surface area contributed by atoms with E-state index in [4.69, 9.17) is 11.6 Å². The Morgan fingerprint density at radius 1 is 1.12 bits per heavy atom. The summed E-state index contributed by atoms with van der Waals surface area (Å²) in [4.78, 5) is 50.6. The minimum atomic E-state index is -0.679. The van der Waals surface area contributed by atoms with E-state index < -0.39 is 34.5 Å². The molecule has 1 saturated carbocycles. The van der Waals surface area contributed by atoms with E-state index in [1.807, 2.05) is 6.92 Å². The third kappa shape index (κ3) is 3.98. The first kappa shape index (κ1) is 22.0. The van der Waals surface area contributed by atoms with E-state index >= 15 is 0 Å². The van der Waals surface area contributed by atoms with Crippen LogP contribution < -0.4 is 0 Å². The predicted octanol–water partition coefficient (Wildman–Crippen LogP) is 4.23. The summed E-state index contributed by atoms with van der Waals surface area (Å²) in [5.74, 6) is -2.09. The van der Waals surface area contributed by atoms with Crippen LogP contribution in [0, 0.1) is 27.9 Å². The smallest absolute Gasteiger partial charge is 0.272 e. The number of nitrogens with zero attached hydrogens (tertiary/aromatic N) is 3. The number of amides is 3. The molecular weight excluding hydrogens is 434 g/mol. The maximum Gasteiger partial charge on any atom is 0.273 e. The Hall–Kier alpha value is -3.26. The lowest BCUT2D eigenvalue weighted by molar-refractivity contribution is -0.384. The lowest BCUT2D eigenvalue weighted by Gasteiger charge is -2.31. The second-order valence-electron chi connectivity index (χ2n) is 8.38. The first-order valence-electron chi connectivity index (χ1n) is 10.5. The molecule has 0 bridgehead atoms. The van der Waals surface area contributed by atoms with Gasteiger partial charge in [-0.15, -0.1) is 0 Å². The molecule has 1 saturated heterocycles. The van der Waals surface area contributed by atoms with Crippen LogP contribution in [-0.4, -0.2) is 32.7 Å². The fourth-order valence-corrected chi connectivity index (χ4v) is 4.73. The number of carbonyl (C=O) groups excluding carboxylic acids is 3. The number of benzene rings is 2. The highest BCUT2D eigenvalue weighted by Crippen LogP contribution is 2.41. The fraction of sp³-hybridized carbons (Fsp3) is 0.348. The first-order valence-corrected chi connectivity index (χ1v) is 10.8. The van der Waals surface area contributed by atoms with Crippen molar-refractivity contribution in [1.82, 2.24) is 10.0 Å². The highest BCUT2D eigenvalue weighted by Gasteiger charge is 2.52. The van der Waals surface area contributed by atoms with Crippen LogP contribution in [0.25, 0.3) is 0 Å². The van der Waals surface area contributed by atoms with Gasteiger partial charge in [-0.25, -0.2) is 5.01 Å². The Morgan fingerprint density at radius 2 is 1.84 bits per heavy atom. The number of fused-ring (bicyclic) bond motifs is 1. The van der Waals surface area contributed by atoms with Gasteiger partial charge in [-0.2, -0.15) is 5.01 Å². The van der Waals surface area contributed by atoms with E-state index in [1.165, 1.54) is 18.2 Å². The van der Waals surface area contributed by atoms with Gasteiger partial charge in [0, 0.05) is 22.7 Å². The largest absolute Gasteiger partial charge is 0.273 e. The first-order chi connectivity index (χ1) is 15.3. The second kappa shape index (κ2) is 8.70. The summed E-state index contributed by atoms with van der Waals surface area (Å²) in [5.41, 5.74) is 0.307. The molecule has 3 amide bonds. The Bertz CT molecular complexity index is 1100. The number of rotatable bonds is 5. The molecule has 0 aromatic heterocycles. The van der Waals surface area contributed by atoms with E-state index in [2.05, 4.69) is 0 Å². The molecule has 9 heteroatoms.